The van der Waals surface area contributed by atoms with Gasteiger partial charge in [-0.2, -0.15) is 0 Å². The molecule has 1 aliphatic carbocycles. The van der Waals surface area contributed by atoms with Crippen molar-refractivity contribution in [3.63, 3.8) is 0 Å². The zero-order valence-electron chi connectivity index (χ0n) is 19.9. The first kappa shape index (κ1) is 29.7. The van der Waals surface area contributed by atoms with Gasteiger partial charge in [0.15, 0.2) is 5.78 Å². The molecule has 39 heavy (non-hydrogen) atoms. The number of nitrogens with one attached hydrogen (secondary N) is 1. The zero-order valence-corrected chi connectivity index (χ0v) is 23.6. The summed E-state index contributed by atoms with van der Waals surface area (Å²) in [7, 11) is 0. The van der Waals surface area contributed by atoms with Gasteiger partial charge in [0.25, 0.3) is 0 Å². The van der Waals surface area contributed by atoms with Crippen LogP contribution in [0.25, 0.3) is 0 Å². The Balaban J connectivity index is 1.57. The van der Waals surface area contributed by atoms with Crippen LogP contribution in [0.5, 0.6) is 0 Å². The number of carbonyl (C=O) groups is 3. The average molecular weight is 638 g/mol. The van der Waals surface area contributed by atoms with E-state index in [1.165, 1.54) is 19.1 Å². The lowest BCUT2D eigenvalue weighted by atomic mass is 9.98. The van der Waals surface area contributed by atoms with Crippen molar-refractivity contribution in [3.8, 4) is 0 Å². The minimum Gasteiger partial charge on any atom is -0.326 e. The molecule has 0 radical (unpaired) electrons. The topological polar surface area (TPSA) is 63.2 Å². The fourth-order valence-corrected chi connectivity index (χ4v) is 5.68. The second-order valence-corrected chi connectivity index (χ2v) is 11.7. The van der Waals surface area contributed by atoms with Gasteiger partial charge in [-0.05, 0) is 48.4 Å². The van der Waals surface area contributed by atoms with Gasteiger partial charge in [-0.15, -0.1) is 23.2 Å². The molecule has 0 aromatic heterocycles. The minimum absolute atomic E-state index is 0.0865. The number of ketones is 2. The van der Waals surface area contributed by atoms with Crippen LogP contribution in [0.2, 0.25) is 15.1 Å². The van der Waals surface area contributed by atoms with E-state index in [4.69, 9.17) is 58.0 Å². The van der Waals surface area contributed by atoms with E-state index >= 15 is 0 Å². The van der Waals surface area contributed by atoms with Gasteiger partial charge in [-0.3, -0.25) is 14.4 Å². The summed E-state index contributed by atoms with van der Waals surface area (Å²) in [4.78, 5) is 37.4. The number of benzene rings is 3. The van der Waals surface area contributed by atoms with E-state index < -0.39 is 67.9 Å². The Bertz CT molecular complexity index is 1530. The third-order valence-electron chi connectivity index (χ3n) is 6.28. The van der Waals surface area contributed by atoms with Crippen LogP contribution in [0.4, 0.5) is 18.9 Å². The molecule has 1 amide bonds. The summed E-state index contributed by atoms with van der Waals surface area (Å²) in [5.41, 5.74) is -0.690. The number of halogens is 8. The molecule has 4 nitrogen and oxygen atoms in total. The lowest BCUT2D eigenvalue weighted by molar-refractivity contribution is -0.117. The summed E-state index contributed by atoms with van der Waals surface area (Å²) in [6.45, 7) is 1.24. The Morgan fingerprint density at radius 3 is 2.23 bits per heavy atom. The molecule has 0 spiro atoms. The summed E-state index contributed by atoms with van der Waals surface area (Å²) < 4.78 is 42.4. The van der Waals surface area contributed by atoms with Gasteiger partial charge in [0.05, 0.1) is 21.0 Å². The Hall–Kier alpha value is -2.29. The third-order valence-corrected chi connectivity index (χ3v) is 8.34. The summed E-state index contributed by atoms with van der Waals surface area (Å²) in [5.74, 6) is -6.68. The number of carbonyl (C=O) groups excluding carboxylic acids is 3. The highest BCUT2D eigenvalue weighted by Gasteiger charge is 2.67. The monoisotopic (exact) mass is 635 g/mol. The normalized spacial score (nSPS) is 17.6. The second kappa shape index (κ2) is 11.3. The number of Topliss-reactive ketones (excluding diaryl/α,β-unsaturated/α-hetero) is 2. The molecule has 204 valence electrons. The predicted molar refractivity (Wildman–Crippen MR) is 146 cm³/mol. The van der Waals surface area contributed by atoms with E-state index in [-0.39, 0.29) is 28.5 Å². The quantitative estimate of drug-likeness (QED) is 0.200. The molecule has 1 aliphatic rings. The molecule has 4 rings (SSSR count). The van der Waals surface area contributed by atoms with Gasteiger partial charge in [-0.25, -0.2) is 13.2 Å². The summed E-state index contributed by atoms with van der Waals surface area (Å²) in [5, 5.41) is 2.41. The Labute approximate surface area is 246 Å². The molecule has 3 aromatic carbocycles. The van der Waals surface area contributed by atoms with Crippen LogP contribution in [0.15, 0.2) is 42.5 Å². The van der Waals surface area contributed by atoms with E-state index in [1.54, 1.807) is 6.07 Å². The van der Waals surface area contributed by atoms with Gasteiger partial charge in [0.1, 0.15) is 27.6 Å². The van der Waals surface area contributed by atoms with Crippen molar-refractivity contribution in [2.75, 3.05) is 5.32 Å². The van der Waals surface area contributed by atoms with E-state index in [1.807, 2.05) is 0 Å². The first-order valence-electron chi connectivity index (χ1n) is 11.3. The lowest BCUT2D eigenvalue weighted by Gasteiger charge is -2.12. The smallest absolute Gasteiger partial charge is 0.231 e. The second-order valence-electron chi connectivity index (χ2n) is 9.09. The van der Waals surface area contributed by atoms with Crippen molar-refractivity contribution in [2.45, 2.75) is 30.0 Å². The Kier molecular flexibility index (Phi) is 8.60. The minimum atomic E-state index is -1.50. The van der Waals surface area contributed by atoms with Crippen molar-refractivity contribution in [1.82, 2.24) is 0 Å². The van der Waals surface area contributed by atoms with E-state index in [9.17, 15) is 27.6 Å². The maximum atomic E-state index is 14.8. The first-order valence-corrected chi connectivity index (χ1v) is 13.2. The van der Waals surface area contributed by atoms with Crippen LogP contribution in [0, 0.1) is 23.4 Å². The number of hydrogen-bond donors (Lipinski definition) is 1. The molecule has 0 aliphatic heterocycles. The summed E-state index contributed by atoms with van der Waals surface area (Å²) >= 11 is 30.7. The van der Waals surface area contributed by atoms with Crippen LogP contribution < -0.4 is 5.32 Å². The van der Waals surface area contributed by atoms with Gasteiger partial charge >= 0.3 is 0 Å². The molecule has 0 bridgehead atoms. The highest BCUT2D eigenvalue weighted by atomic mass is 35.5. The molecule has 1 N–H and O–H groups in total. The van der Waals surface area contributed by atoms with Crippen LogP contribution >= 0.6 is 58.0 Å². The molecule has 0 heterocycles. The molecule has 0 unspecified atom stereocenters. The van der Waals surface area contributed by atoms with E-state index in [0.29, 0.717) is 10.6 Å². The molecule has 1 fully saturated rings. The number of amides is 1. The molecule has 3 aromatic rings. The van der Waals surface area contributed by atoms with Crippen molar-refractivity contribution < 1.29 is 27.6 Å². The lowest BCUT2D eigenvalue weighted by Crippen LogP contribution is -2.18. The molecule has 12 heteroatoms. The van der Waals surface area contributed by atoms with Crippen LogP contribution in [0.3, 0.4) is 0 Å². The molecule has 2 atom stereocenters. The molecule has 0 saturated heterocycles. The molecule has 1 saturated carbocycles. The van der Waals surface area contributed by atoms with Crippen LogP contribution in [-0.4, -0.2) is 21.8 Å². The number of hydrogen-bond acceptors (Lipinski definition) is 3. The maximum Gasteiger partial charge on any atom is 0.231 e. The van der Waals surface area contributed by atoms with Crippen molar-refractivity contribution in [1.29, 1.82) is 0 Å². The van der Waals surface area contributed by atoms with Crippen molar-refractivity contribution >= 4 is 81.2 Å². The van der Waals surface area contributed by atoms with Gasteiger partial charge in [-0.1, -0.05) is 46.9 Å². The largest absolute Gasteiger partial charge is 0.326 e. The Morgan fingerprint density at radius 2 is 1.59 bits per heavy atom. The average Bonchev–Trinajstić information content (AvgIpc) is 3.44. The SMILES string of the molecule is CC(=O)Cc1ccc(F)c(CC(=O)c2cc(NC(=O)[C@H]3[C@H](c4ccc(Cl)c(Cl)c4)C3(Cl)Cl)cc(F)c2Cl)c1F. The number of rotatable bonds is 8. The highest BCUT2D eigenvalue weighted by molar-refractivity contribution is 6.53. The molecular weight excluding hydrogens is 621 g/mol. The van der Waals surface area contributed by atoms with Crippen molar-refractivity contribution in [2.24, 2.45) is 5.92 Å². The first-order chi connectivity index (χ1) is 18.2. The van der Waals surface area contributed by atoms with E-state index in [0.717, 1.165) is 24.3 Å². The standard InChI is InChI=1S/C27H17Cl5F3NO3/c1-11(37)6-13-3-5-19(33)15(25(13)35)10-21(38)16-8-14(9-20(34)24(16)30)36-26(39)23-22(27(23,31)32)12-2-4-17(28)18(29)7-12/h2-5,7-9,22-23H,6,10H2,1H3,(H,36,39)/t22-,23+/m0/s1. The maximum absolute atomic E-state index is 14.8. The fraction of sp³-hybridized carbons (Fsp3) is 0.222. The fourth-order valence-electron chi connectivity index (χ4n) is 4.33. The zero-order chi connectivity index (χ0) is 28.8. The third kappa shape index (κ3) is 6.08. The van der Waals surface area contributed by atoms with Gasteiger partial charge in [0.2, 0.25) is 5.91 Å². The van der Waals surface area contributed by atoms with E-state index in [2.05, 4.69) is 5.32 Å². The molecular formula is C27H17Cl5F3NO3. The number of anilines is 1. The summed E-state index contributed by atoms with van der Waals surface area (Å²) in [6.07, 6.45) is -1.11. The van der Waals surface area contributed by atoms with Gasteiger partial charge < -0.3 is 5.32 Å². The van der Waals surface area contributed by atoms with Crippen LogP contribution in [-0.2, 0) is 22.4 Å². The summed E-state index contributed by atoms with van der Waals surface area (Å²) in [6, 6.07) is 8.70. The Morgan fingerprint density at radius 1 is 0.897 bits per heavy atom. The van der Waals surface area contributed by atoms with Crippen molar-refractivity contribution in [3.05, 3.63) is 97.2 Å². The predicted octanol–water partition coefficient (Wildman–Crippen LogP) is 8.15. The highest BCUT2D eigenvalue weighted by Crippen LogP contribution is 2.65. The van der Waals surface area contributed by atoms with Crippen LogP contribution in [0.1, 0.15) is 39.9 Å². The number of alkyl halides is 2. The van der Waals surface area contributed by atoms with Gasteiger partial charge in [0, 0.05) is 35.6 Å².